The lowest BCUT2D eigenvalue weighted by Gasteiger charge is -2.23. The molecular weight excluding hydrogens is 322 g/mol. The zero-order chi connectivity index (χ0) is 17.6. The minimum Gasteiger partial charge on any atom is -0.454 e. The van der Waals surface area contributed by atoms with Gasteiger partial charge in [-0.1, -0.05) is 0 Å². The van der Waals surface area contributed by atoms with Crippen molar-refractivity contribution in [2.24, 2.45) is 0 Å². The lowest BCUT2D eigenvalue weighted by molar-refractivity contribution is 0.0684. The number of nitrogens with one attached hydrogen (secondary N) is 1. The Balaban J connectivity index is 1.65. The van der Waals surface area contributed by atoms with Gasteiger partial charge in [-0.05, 0) is 32.0 Å². The number of ether oxygens (including phenoxy) is 3. The highest BCUT2D eigenvalue weighted by atomic mass is 16.7. The zero-order valence-corrected chi connectivity index (χ0v) is 14.5. The van der Waals surface area contributed by atoms with E-state index >= 15 is 0 Å². The molecule has 0 aliphatic carbocycles. The normalized spacial score (nSPS) is 21.8. The quantitative estimate of drug-likeness (QED) is 0.926. The Hall–Kier alpha value is -2.54. The number of nitrogens with zero attached hydrogens (tertiary/aromatic N) is 2. The number of carbonyl (C=O) groups excluding carboxylic acids is 1. The van der Waals surface area contributed by atoms with Crippen molar-refractivity contribution < 1.29 is 19.0 Å². The Morgan fingerprint density at radius 3 is 2.84 bits per heavy atom. The van der Waals surface area contributed by atoms with E-state index < -0.39 is 0 Å². The number of aromatic amines is 1. The van der Waals surface area contributed by atoms with Crippen LogP contribution in [0.25, 0.3) is 0 Å². The van der Waals surface area contributed by atoms with Crippen molar-refractivity contribution in [1.82, 2.24) is 14.9 Å². The fraction of sp³-hybridized carbons (Fsp3) is 0.444. The largest absolute Gasteiger partial charge is 0.454 e. The first-order valence-electron chi connectivity index (χ1n) is 8.33. The SMILES string of the molecule is CO[C@@H]1C[C@@H](c2nc(C)c(C)[nH]2)N(C(=O)c2ccc3c(c2)OCO3)C1. The number of hydrogen-bond donors (Lipinski definition) is 1. The summed E-state index contributed by atoms with van der Waals surface area (Å²) < 4.78 is 16.2. The highest BCUT2D eigenvalue weighted by molar-refractivity contribution is 5.95. The summed E-state index contributed by atoms with van der Waals surface area (Å²) in [5.74, 6) is 2.02. The van der Waals surface area contributed by atoms with Crippen molar-refractivity contribution in [3.05, 3.63) is 41.0 Å². The third kappa shape index (κ3) is 2.74. The van der Waals surface area contributed by atoms with Crippen molar-refractivity contribution in [2.75, 3.05) is 20.4 Å². The molecular formula is C18H21N3O4. The first kappa shape index (κ1) is 16.0. The molecule has 7 heteroatoms. The molecule has 0 bridgehead atoms. The van der Waals surface area contributed by atoms with Gasteiger partial charge in [0, 0.05) is 31.3 Å². The number of imidazole rings is 1. The monoisotopic (exact) mass is 343 g/mol. The van der Waals surface area contributed by atoms with Crippen LogP contribution < -0.4 is 9.47 Å². The van der Waals surface area contributed by atoms with Crippen LogP contribution in [0.4, 0.5) is 0 Å². The number of likely N-dealkylation sites (tertiary alicyclic amines) is 1. The summed E-state index contributed by atoms with van der Waals surface area (Å²) >= 11 is 0. The third-order valence-electron chi connectivity index (χ3n) is 4.94. The van der Waals surface area contributed by atoms with Crippen LogP contribution in [-0.4, -0.2) is 47.3 Å². The number of H-pyrrole nitrogens is 1. The van der Waals surface area contributed by atoms with E-state index in [1.807, 2.05) is 18.7 Å². The minimum atomic E-state index is -0.129. The number of aryl methyl sites for hydroxylation is 2. The molecule has 132 valence electrons. The lowest BCUT2D eigenvalue weighted by atomic mass is 10.1. The van der Waals surface area contributed by atoms with Crippen LogP contribution in [0.1, 0.15) is 40.0 Å². The molecule has 2 aromatic rings. The number of hydrogen-bond acceptors (Lipinski definition) is 5. The fourth-order valence-electron chi connectivity index (χ4n) is 3.38. The summed E-state index contributed by atoms with van der Waals surface area (Å²) in [6, 6.07) is 5.15. The fourth-order valence-corrected chi connectivity index (χ4v) is 3.38. The van der Waals surface area contributed by atoms with Crippen molar-refractivity contribution >= 4 is 5.91 Å². The van der Waals surface area contributed by atoms with Gasteiger partial charge in [-0.25, -0.2) is 4.98 Å². The van der Waals surface area contributed by atoms with Crippen LogP contribution in [0.2, 0.25) is 0 Å². The first-order valence-corrected chi connectivity index (χ1v) is 8.33. The average molecular weight is 343 g/mol. The number of fused-ring (bicyclic) bond motifs is 1. The second-order valence-electron chi connectivity index (χ2n) is 6.47. The number of aromatic nitrogens is 2. The maximum atomic E-state index is 13.1. The molecule has 0 radical (unpaired) electrons. The molecule has 1 amide bonds. The Morgan fingerprint density at radius 2 is 2.12 bits per heavy atom. The average Bonchev–Trinajstić information content (AvgIpc) is 3.32. The molecule has 1 fully saturated rings. The lowest BCUT2D eigenvalue weighted by Crippen LogP contribution is -2.32. The van der Waals surface area contributed by atoms with Gasteiger partial charge in [0.25, 0.3) is 5.91 Å². The van der Waals surface area contributed by atoms with Gasteiger partial charge in [0.05, 0.1) is 17.8 Å². The van der Waals surface area contributed by atoms with Crippen LogP contribution in [0.3, 0.4) is 0 Å². The van der Waals surface area contributed by atoms with E-state index in [-0.39, 0.29) is 24.8 Å². The van der Waals surface area contributed by atoms with Gasteiger partial charge in [-0.3, -0.25) is 4.79 Å². The summed E-state index contributed by atoms with van der Waals surface area (Å²) in [5.41, 5.74) is 2.55. The molecule has 0 unspecified atom stereocenters. The second-order valence-corrected chi connectivity index (χ2v) is 6.47. The summed E-state index contributed by atoms with van der Waals surface area (Å²) in [6.45, 7) is 4.67. The number of amides is 1. The van der Waals surface area contributed by atoms with Gasteiger partial charge in [0.1, 0.15) is 5.82 Å². The molecule has 2 aliphatic heterocycles. The van der Waals surface area contributed by atoms with Gasteiger partial charge >= 0.3 is 0 Å². The molecule has 0 saturated carbocycles. The Kier molecular flexibility index (Phi) is 3.88. The summed E-state index contributed by atoms with van der Waals surface area (Å²) in [4.78, 5) is 22.8. The van der Waals surface area contributed by atoms with Crippen molar-refractivity contribution in [2.45, 2.75) is 32.4 Å². The molecule has 4 rings (SSSR count). The van der Waals surface area contributed by atoms with Gasteiger partial charge in [0.2, 0.25) is 6.79 Å². The smallest absolute Gasteiger partial charge is 0.254 e. The number of methoxy groups -OCH3 is 1. The summed E-state index contributed by atoms with van der Waals surface area (Å²) in [5, 5.41) is 0. The molecule has 3 heterocycles. The van der Waals surface area contributed by atoms with E-state index in [4.69, 9.17) is 14.2 Å². The van der Waals surface area contributed by atoms with Gasteiger partial charge < -0.3 is 24.1 Å². The molecule has 7 nitrogen and oxygen atoms in total. The minimum absolute atomic E-state index is 0.00586. The highest BCUT2D eigenvalue weighted by Crippen LogP contribution is 2.36. The Labute approximate surface area is 145 Å². The molecule has 2 atom stereocenters. The predicted molar refractivity (Wildman–Crippen MR) is 89.8 cm³/mol. The number of carbonyl (C=O) groups is 1. The van der Waals surface area contributed by atoms with E-state index in [1.165, 1.54) is 0 Å². The molecule has 1 aromatic carbocycles. The van der Waals surface area contributed by atoms with E-state index in [9.17, 15) is 4.79 Å². The van der Waals surface area contributed by atoms with E-state index in [0.717, 1.165) is 23.6 Å². The zero-order valence-electron chi connectivity index (χ0n) is 14.5. The molecule has 0 spiro atoms. The third-order valence-corrected chi connectivity index (χ3v) is 4.94. The van der Waals surface area contributed by atoms with Crippen LogP contribution in [-0.2, 0) is 4.74 Å². The van der Waals surface area contributed by atoms with E-state index in [0.29, 0.717) is 23.6 Å². The van der Waals surface area contributed by atoms with Crippen molar-refractivity contribution in [3.63, 3.8) is 0 Å². The number of rotatable bonds is 3. The summed E-state index contributed by atoms with van der Waals surface area (Å²) in [7, 11) is 1.68. The Morgan fingerprint density at radius 1 is 1.32 bits per heavy atom. The molecule has 2 aliphatic rings. The highest BCUT2D eigenvalue weighted by Gasteiger charge is 2.38. The van der Waals surface area contributed by atoms with E-state index in [2.05, 4.69) is 9.97 Å². The predicted octanol–water partition coefficient (Wildman–Crippen LogP) is 2.36. The molecule has 1 aromatic heterocycles. The van der Waals surface area contributed by atoms with Crippen molar-refractivity contribution in [3.8, 4) is 11.5 Å². The van der Waals surface area contributed by atoms with Gasteiger partial charge in [-0.15, -0.1) is 0 Å². The first-order chi connectivity index (χ1) is 12.1. The van der Waals surface area contributed by atoms with Gasteiger partial charge in [0.15, 0.2) is 11.5 Å². The van der Waals surface area contributed by atoms with E-state index in [1.54, 1.807) is 25.3 Å². The van der Waals surface area contributed by atoms with Crippen LogP contribution >= 0.6 is 0 Å². The topological polar surface area (TPSA) is 76.7 Å². The molecule has 1 N–H and O–H groups in total. The second kappa shape index (κ2) is 6.07. The maximum absolute atomic E-state index is 13.1. The summed E-state index contributed by atoms with van der Waals surface area (Å²) in [6.07, 6.45) is 0.716. The molecule has 1 saturated heterocycles. The number of benzene rings is 1. The standard InChI is InChI=1S/C18H21N3O4/c1-10-11(2)20-17(19-10)14-7-13(23-3)8-21(14)18(22)12-4-5-15-16(6-12)25-9-24-15/h4-6,13-14H,7-9H2,1-3H3,(H,19,20)/t13-,14+/m1/s1. The van der Waals surface area contributed by atoms with Gasteiger partial charge in [-0.2, -0.15) is 0 Å². The van der Waals surface area contributed by atoms with Crippen molar-refractivity contribution in [1.29, 1.82) is 0 Å². The Bertz CT molecular complexity index is 797. The van der Waals surface area contributed by atoms with Crippen LogP contribution in [0.15, 0.2) is 18.2 Å². The molecule has 25 heavy (non-hydrogen) atoms. The van der Waals surface area contributed by atoms with Crippen LogP contribution in [0.5, 0.6) is 11.5 Å². The van der Waals surface area contributed by atoms with Crippen LogP contribution in [0, 0.1) is 13.8 Å². The maximum Gasteiger partial charge on any atom is 0.254 e.